The van der Waals surface area contributed by atoms with Gasteiger partial charge in [0.25, 0.3) is 0 Å². The maximum atomic E-state index is 13.6. The molecular formula is C18H15BrFN. The van der Waals surface area contributed by atoms with Crippen molar-refractivity contribution in [2.24, 2.45) is 5.92 Å². The van der Waals surface area contributed by atoms with Crippen LogP contribution in [0.4, 0.5) is 10.1 Å². The van der Waals surface area contributed by atoms with Gasteiger partial charge in [0.15, 0.2) is 0 Å². The zero-order chi connectivity index (χ0) is 14.4. The van der Waals surface area contributed by atoms with Crippen LogP contribution in [-0.4, -0.2) is 0 Å². The van der Waals surface area contributed by atoms with E-state index in [1.165, 1.54) is 11.6 Å². The average Bonchev–Trinajstić information content (AvgIpc) is 2.97. The van der Waals surface area contributed by atoms with Gasteiger partial charge in [-0.15, -0.1) is 0 Å². The molecule has 1 N–H and O–H groups in total. The first-order valence-electron chi connectivity index (χ1n) is 7.20. The number of halogens is 2. The highest BCUT2D eigenvalue weighted by Gasteiger charge is 2.37. The van der Waals surface area contributed by atoms with Crippen molar-refractivity contribution in [2.45, 2.75) is 18.4 Å². The first-order valence-corrected chi connectivity index (χ1v) is 8.00. The first kappa shape index (κ1) is 13.1. The summed E-state index contributed by atoms with van der Waals surface area (Å²) in [6.07, 6.45) is 5.49. The van der Waals surface area contributed by atoms with Crippen LogP contribution in [0.3, 0.4) is 0 Å². The van der Waals surface area contributed by atoms with Gasteiger partial charge in [0.2, 0.25) is 0 Å². The smallest absolute Gasteiger partial charge is 0.123 e. The van der Waals surface area contributed by atoms with Gasteiger partial charge in [-0.05, 0) is 53.8 Å². The number of benzene rings is 2. The van der Waals surface area contributed by atoms with Gasteiger partial charge in [0.05, 0.1) is 6.04 Å². The summed E-state index contributed by atoms with van der Waals surface area (Å²) in [5.41, 5.74) is 3.42. The van der Waals surface area contributed by atoms with Crippen LogP contribution in [0.2, 0.25) is 0 Å². The first-order chi connectivity index (χ1) is 10.2. The molecule has 2 aliphatic rings. The predicted molar refractivity (Wildman–Crippen MR) is 86.9 cm³/mol. The lowest BCUT2D eigenvalue weighted by molar-refractivity contribution is 0.424. The topological polar surface area (TPSA) is 12.0 Å². The molecule has 0 saturated heterocycles. The minimum atomic E-state index is -0.156. The second-order valence-corrected chi connectivity index (χ2v) is 6.67. The minimum absolute atomic E-state index is 0.156. The van der Waals surface area contributed by atoms with Crippen LogP contribution >= 0.6 is 15.9 Å². The summed E-state index contributed by atoms with van der Waals surface area (Å²) < 4.78 is 14.6. The van der Waals surface area contributed by atoms with E-state index in [0.717, 1.165) is 22.1 Å². The lowest BCUT2D eigenvalue weighted by atomic mass is 9.77. The number of anilines is 1. The summed E-state index contributed by atoms with van der Waals surface area (Å²) in [5, 5.41) is 3.61. The van der Waals surface area contributed by atoms with Gasteiger partial charge in [0, 0.05) is 16.1 Å². The molecule has 2 aromatic carbocycles. The number of fused-ring (bicyclic) bond motifs is 3. The fourth-order valence-corrected chi connectivity index (χ4v) is 3.83. The normalized spacial score (nSPS) is 26.1. The van der Waals surface area contributed by atoms with Gasteiger partial charge in [-0.3, -0.25) is 0 Å². The van der Waals surface area contributed by atoms with Crippen molar-refractivity contribution in [1.82, 2.24) is 0 Å². The van der Waals surface area contributed by atoms with E-state index in [-0.39, 0.29) is 11.9 Å². The molecule has 0 spiro atoms. The van der Waals surface area contributed by atoms with Crippen LogP contribution in [-0.2, 0) is 0 Å². The number of rotatable bonds is 1. The quantitative estimate of drug-likeness (QED) is 0.682. The van der Waals surface area contributed by atoms with Crippen molar-refractivity contribution in [3.63, 3.8) is 0 Å². The van der Waals surface area contributed by atoms with Gasteiger partial charge in [0.1, 0.15) is 5.82 Å². The molecule has 106 valence electrons. The number of allylic oxidation sites excluding steroid dienone is 2. The average molecular weight is 344 g/mol. The molecule has 0 aromatic heterocycles. The molecule has 0 radical (unpaired) electrons. The lowest BCUT2D eigenvalue weighted by Gasteiger charge is -2.37. The van der Waals surface area contributed by atoms with Gasteiger partial charge in [-0.1, -0.05) is 40.2 Å². The molecular weight excluding hydrogens is 329 g/mol. The maximum Gasteiger partial charge on any atom is 0.123 e. The van der Waals surface area contributed by atoms with Crippen molar-refractivity contribution >= 4 is 21.6 Å². The van der Waals surface area contributed by atoms with Crippen LogP contribution in [0, 0.1) is 11.7 Å². The molecule has 2 aromatic rings. The Morgan fingerprint density at radius 1 is 1.10 bits per heavy atom. The van der Waals surface area contributed by atoms with Crippen molar-refractivity contribution in [3.05, 3.63) is 76.0 Å². The van der Waals surface area contributed by atoms with Crippen molar-refractivity contribution in [3.8, 4) is 0 Å². The van der Waals surface area contributed by atoms with E-state index in [2.05, 4.69) is 57.7 Å². The zero-order valence-electron chi connectivity index (χ0n) is 11.4. The Balaban J connectivity index is 1.78. The molecule has 0 amide bonds. The molecule has 3 atom stereocenters. The highest BCUT2D eigenvalue weighted by molar-refractivity contribution is 9.10. The second-order valence-electron chi connectivity index (χ2n) is 5.76. The standard InChI is InChI=1S/C18H15BrFN/c19-12-6-4-11(5-7-12)18-15-3-1-2-14(15)16-10-13(20)8-9-17(16)21-18/h1-2,4-10,14-15,18,21H,3H2. The zero-order valence-corrected chi connectivity index (χ0v) is 13.0. The Morgan fingerprint density at radius 2 is 1.90 bits per heavy atom. The van der Waals surface area contributed by atoms with Crippen molar-refractivity contribution in [2.75, 3.05) is 5.32 Å². The maximum absolute atomic E-state index is 13.6. The van der Waals surface area contributed by atoms with Crippen LogP contribution in [0.5, 0.6) is 0 Å². The Kier molecular flexibility index (Phi) is 3.11. The number of hydrogen-bond acceptors (Lipinski definition) is 1. The van der Waals surface area contributed by atoms with E-state index in [4.69, 9.17) is 0 Å². The summed E-state index contributed by atoms with van der Waals surface area (Å²) >= 11 is 3.49. The fourth-order valence-electron chi connectivity index (χ4n) is 3.57. The molecule has 21 heavy (non-hydrogen) atoms. The number of hydrogen-bond donors (Lipinski definition) is 1. The van der Waals surface area contributed by atoms with E-state index in [1.807, 2.05) is 6.07 Å². The highest BCUT2D eigenvalue weighted by Crippen LogP contribution is 2.49. The summed E-state index contributed by atoms with van der Waals surface area (Å²) in [6, 6.07) is 13.8. The fraction of sp³-hybridized carbons (Fsp3) is 0.222. The van der Waals surface area contributed by atoms with E-state index < -0.39 is 0 Å². The van der Waals surface area contributed by atoms with E-state index in [1.54, 1.807) is 6.07 Å². The molecule has 0 fully saturated rings. The van der Waals surface area contributed by atoms with Gasteiger partial charge >= 0.3 is 0 Å². The van der Waals surface area contributed by atoms with Gasteiger partial charge in [-0.25, -0.2) is 4.39 Å². The summed E-state index contributed by atoms with van der Waals surface area (Å²) in [4.78, 5) is 0. The Hall–Kier alpha value is -1.61. The molecule has 0 saturated carbocycles. The Morgan fingerprint density at radius 3 is 2.71 bits per heavy atom. The third-order valence-electron chi connectivity index (χ3n) is 4.55. The van der Waals surface area contributed by atoms with Crippen LogP contribution in [0.1, 0.15) is 29.5 Å². The Bertz CT molecular complexity index is 708. The summed E-state index contributed by atoms with van der Waals surface area (Å²) in [5.74, 6) is 0.614. The minimum Gasteiger partial charge on any atom is -0.378 e. The van der Waals surface area contributed by atoms with Gasteiger partial charge in [-0.2, -0.15) is 0 Å². The summed E-state index contributed by atoms with van der Waals surface area (Å²) in [7, 11) is 0. The Labute approximate surface area is 132 Å². The van der Waals surface area contributed by atoms with Gasteiger partial charge < -0.3 is 5.32 Å². The molecule has 4 rings (SSSR count). The molecule has 1 aliphatic carbocycles. The van der Waals surface area contributed by atoms with E-state index >= 15 is 0 Å². The molecule has 1 heterocycles. The molecule has 1 aliphatic heterocycles. The van der Waals surface area contributed by atoms with Crippen LogP contribution in [0.15, 0.2) is 59.1 Å². The molecule has 1 nitrogen and oxygen atoms in total. The van der Waals surface area contributed by atoms with Crippen LogP contribution < -0.4 is 5.32 Å². The van der Waals surface area contributed by atoms with E-state index in [0.29, 0.717) is 11.8 Å². The predicted octanol–water partition coefficient (Wildman–Crippen LogP) is 5.41. The largest absolute Gasteiger partial charge is 0.378 e. The summed E-state index contributed by atoms with van der Waals surface area (Å²) in [6.45, 7) is 0. The van der Waals surface area contributed by atoms with E-state index in [9.17, 15) is 4.39 Å². The molecule has 3 unspecified atom stereocenters. The second kappa shape index (κ2) is 4.99. The lowest BCUT2D eigenvalue weighted by Crippen LogP contribution is -2.29. The third kappa shape index (κ3) is 2.20. The SMILES string of the molecule is Fc1ccc2c(c1)C1C=CCC1C(c1ccc(Br)cc1)N2. The molecule has 0 bridgehead atoms. The van der Waals surface area contributed by atoms with Crippen molar-refractivity contribution in [1.29, 1.82) is 0 Å². The van der Waals surface area contributed by atoms with Crippen LogP contribution in [0.25, 0.3) is 0 Å². The molecule has 3 heteroatoms. The number of nitrogens with one attached hydrogen (secondary N) is 1. The third-order valence-corrected chi connectivity index (χ3v) is 5.08. The van der Waals surface area contributed by atoms with Crippen molar-refractivity contribution < 1.29 is 4.39 Å². The highest BCUT2D eigenvalue weighted by atomic mass is 79.9. The monoisotopic (exact) mass is 343 g/mol.